The predicted molar refractivity (Wildman–Crippen MR) is 107 cm³/mol. The molecule has 0 spiro atoms. The van der Waals surface area contributed by atoms with E-state index in [2.05, 4.69) is 0 Å². The second-order valence-electron chi connectivity index (χ2n) is 6.04. The van der Waals surface area contributed by atoms with E-state index in [4.69, 9.17) is 15.0 Å². The molecule has 1 heterocycles. The maximum Gasteiger partial charge on any atom is 0.332 e. The monoisotopic (exact) mass is 405 g/mol. The molecule has 2 aromatic carbocycles. The first-order valence-corrected chi connectivity index (χ1v) is 11.0. The fourth-order valence-corrected chi connectivity index (χ4v) is 4.07. The Morgan fingerprint density at radius 2 is 1.67 bits per heavy atom. The molecule has 1 aromatic heterocycles. The van der Waals surface area contributed by atoms with Gasteiger partial charge in [-0.25, -0.2) is 4.57 Å². The van der Waals surface area contributed by atoms with E-state index in [1.165, 1.54) is 11.3 Å². The van der Waals surface area contributed by atoms with Gasteiger partial charge in [0.05, 0.1) is 12.3 Å². The molecule has 0 amide bonds. The molecule has 0 saturated carbocycles. The number of aromatic nitrogens is 1. The number of anilines is 1. The molecule has 142 valence electrons. The van der Waals surface area contributed by atoms with E-state index in [1.54, 1.807) is 0 Å². The summed E-state index contributed by atoms with van der Waals surface area (Å²) in [6.07, 6.45) is 0.984. The van der Waals surface area contributed by atoms with Crippen LogP contribution in [0.25, 0.3) is 11.3 Å². The molecule has 0 fully saturated rings. The van der Waals surface area contributed by atoms with Crippen molar-refractivity contribution in [3.63, 3.8) is 0 Å². The molecule has 0 saturated heterocycles. The molecule has 0 aliphatic carbocycles. The van der Waals surface area contributed by atoms with Crippen molar-refractivity contribution in [2.24, 2.45) is 0 Å². The topological polar surface area (TPSA) is 93.5 Å². The summed E-state index contributed by atoms with van der Waals surface area (Å²) < 4.78 is 38.2. The Labute approximate surface area is 162 Å². The first kappa shape index (κ1) is 19.3. The highest BCUT2D eigenvalue weighted by Gasteiger charge is 2.16. The summed E-state index contributed by atoms with van der Waals surface area (Å²) in [5, 5.41) is 2.63. The summed E-state index contributed by atoms with van der Waals surface area (Å²) in [5.74, 6) is 1.28. The quantitative estimate of drug-likeness (QED) is 0.338. The third-order valence-corrected chi connectivity index (χ3v) is 5.62. The fourth-order valence-electron chi connectivity index (χ4n) is 2.69. The van der Waals surface area contributed by atoms with Gasteiger partial charge in [0.1, 0.15) is 17.2 Å². The van der Waals surface area contributed by atoms with E-state index < -0.39 is 10.1 Å². The average Bonchev–Trinajstić information content (AvgIpc) is 3.00. The molecule has 3 aromatic rings. The molecule has 0 atom stereocenters. The summed E-state index contributed by atoms with van der Waals surface area (Å²) in [6.45, 7) is 0.586. The van der Waals surface area contributed by atoms with Crippen LogP contribution >= 0.6 is 11.3 Å². The molecule has 0 aliphatic heterocycles. The fraction of sp³-hybridized carbons (Fsp3) is 0.211. The second kappa shape index (κ2) is 8.51. The molecule has 0 bridgehead atoms. The zero-order chi connectivity index (χ0) is 19.3. The van der Waals surface area contributed by atoms with Crippen LogP contribution in [0, 0.1) is 0 Å². The Bertz CT molecular complexity index is 984. The molecule has 0 radical (unpaired) electrons. The van der Waals surface area contributed by atoms with Crippen molar-refractivity contribution in [1.29, 1.82) is 0 Å². The predicted octanol–water partition coefficient (Wildman–Crippen LogP) is 3.75. The van der Waals surface area contributed by atoms with Crippen molar-refractivity contribution in [1.82, 2.24) is 0 Å². The van der Waals surface area contributed by atoms with Gasteiger partial charge in [-0.2, -0.15) is 8.42 Å². The Morgan fingerprint density at radius 1 is 1.00 bits per heavy atom. The van der Waals surface area contributed by atoms with Crippen LogP contribution in [0.15, 0.2) is 60.0 Å². The van der Waals surface area contributed by atoms with Gasteiger partial charge in [-0.05, 0) is 49.2 Å². The molecular weight excluding hydrogens is 384 g/mol. The number of benzene rings is 2. The lowest BCUT2D eigenvalue weighted by molar-refractivity contribution is -0.668. The van der Waals surface area contributed by atoms with Crippen LogP contribution in [0.4, 0.5) is 5.13 Å². The van der Waals surface area contributed by atoms with Crippen LogP contribution in [-0.2, 0) is 16.7 Å². The molecule has 8 heteroatoms. The Kier molecular flexibility index (Phi) is 6.10. The van der Waals surface area contributed by atoms with Gasteiger partial charge in [0.2, 0.25) is 0 Å². The molecule has 0 aliphatic rings. The highest BCUT2D eigenvalue weighted by molar-refractivity contribution is 7.85. The van der Waals surface area contributed by atoms with Gasteiger partial charge in [0.25, 0.3) is 10.1 Å². The SMILES string of the molecule is Nc1scc(-c2ccc(Oc3ccccc3)cc2)[n+]1CCCCS(=O)(=O)O. The Morgan fingerprint density at radius 3 is 2.33 bits per heavy atom. The van der Waals surface area contributed by atoms with Crippen molar-refractivity contribution in [2.75, 3.05) is 11.5 Å². The number of ether oxygens (including phenoxy) is 1. The lowest BCUT2D eigenvalue weighted by Gasteiger charge is -2.07. The summed E-state index contributed by atoms with van der Waals surface area (Å²) in [7, 11) is -3.92. The zero-order valence-corrected chi connectivity index (χ0v) is 16.2. The van der Waals surface area contributed by atoms with Crippen LogP contribution in [0.2, 0.25) is 0 Å². The van der Waals surface area contributed by atoms with E-state index in [-0.39, 0.29) is 5.75 Å². The van der Waals surface area contributed by atoms with E-state index in [1.807, 2.05) is 64.5 Å². The molecule has 6 nitrogen and oxygen atoms in total. The number of nitrogen functional groups attached to an aromatic ring is 1. The average molecular weight is 406 g/mol. The third-order valence-electron chi connectivity index (χ3n) is 4.01. The van der Waals surface area contributed by atoms with Gasteiger partial charge in [-0.1, -0.05) is 29.5 Å². The first-order valence-electron chi connectivity index (χ1n) is 8.48. The minimum atomic E-state index is -3.92. The number of unbranched alkanes of at least 4 members (excludes halogenated alkanes) is 1. The van der Waals surface area contributed by atoms with Gasteiger partial charge in [0.15, 0.2) is 0 Å². The highest BCUT2D eigenvalue weighted by atomic mass is 32.2. The van der Waals surface area contributed by atoms with Crippen molar-refractivity contribution in [3.8, 4) is 22.8 Å². The lowest BCUT2D eigenvalue weighted by atomic mass is 10.1. The molecule has 0 unspecified atom stereocenters. The van der Waals surface area contributed by atoms with E-state index in [0.717, 1.165) is 22.8 Å². The number of thiazole rings is 1. The smallest absolute Gasteiger partial charge is 0.332 e. The molecule has 27 heavy (non-hydrogen) atoms. The second-order valence-corrected chi connectivity index (χ2v) is 8.51. The minimum Gasteiger partial charge on any atom is -0.457 e. The summed E-state index contributed by atoms with van der Waals surface area (Å²) in [5.41, 5.74) is 8.03. The highest BCUT2D eigenvalue weighted by Crippen LogP contribution is 2.26. The van der Waals surface area contributed by atoms with Crippen LogP contribution in [0.1, 0.15) is 12.8 Å². The lowest BCUT2D eigenvalue weighted by Crippen LogP contribution is -2.36. The van der Waals surface area contributed by atoms with E-state index in [9.17, 15) is 8.42 Å². The van der Waals surface area contributed by atoms with Gasteiger partial charge in [-0.3, -0.25) is 10.3 Å². The van der Waals surface area contributed by atoms with Gasteiger partial charge >= 0.3 is 5.13 Å². The first-order chi connectivity index (χ1) is 12.9. The van der Waals surface area contributed by atoms with E-state index in [0.29, 0.717) is 24.5 Å². The van der Waals surface area contributed by atoms with Gasteiger partial charge in [-0.15, -0.1) is 0 Å². The Hall–Kier alpha value is -2.42. The number of nitrogens with zero attached hydrogens (tertiary/aromatic N) is 1. The maximum absolute atomic E-state index is 10.8. The molecule has 3 N–H and O–H groups in total. The zero-order valence-electron chi connectivity index (χ0n) is 14.6. The third kappa shape index (κ3) is 5.53. The number of hydrogen-bond donors (Lipinski definition) is 2. The standard InChI is InChI=1S/C19H20N2O4S2/c20-19-21(12-4-5-13-27(22,23)24)18(14-26-19)15-8-10-17(11-9-15)25-16-6-2-1-3-7-16/h1-3,6-11,14,20H,4-5,12-13H2,(H,22,23,24)/p+1. The van der Waals surface area contributed by atoms with Gasteiger partial charge in [0, 0.05) is 10.9 Å². The van der Waals surface area contributed by atoms with E-state index >= 15 is 0 Å². The number of hydrogen-bond acceptors (Lipinski definition) is 5. The van der Waals surface area contributed by atoms with Crippen LogP contribution in [0.5, 0.6) is 11.5 Å². The van der Waals surface area contributed by atoms with Crippen LogP contribution < -0.4 is 15.0 Å². The Balaban J connectivity index is 1.69. The summed E-state index contributed by atoms with van der Waals surface area (Å²) in [6, 6.07) is 17.3. The van der Waals surface area contributed by atoms with Crippen LogP contribution in [-0.4, -0.2) is 18.7 Å². The molecule has 3 rings (SSSR count). The number of rotatable bonds is 8. The van der Waals surface area contributed by atoms with Crippen molar-refractivity contribution in [3.05, 3.63) is 60.0 Å². The molecular formula is C19H21N2O4S2+. The maximum atomic E-state index is 10.8. The summed E-state index contributed by atoms with van der Waals surface area (Å²) in [4.78, 5) is 0. The largest absolute Gasteiger partial charge is 0.457 e. The van der Waals surface area contributed by atoms with Gasteiger partial charge < -0.3 is 4.74 Å². The van der Waals surface area contributed by atoms with Crippen molar-refractivity contribution >= 4 is 26.6 Å². The van der Waals surface area contributed by atoms with Crippen molar-refractivity contribution in [2.45, 2.75) is 19.4 Å². The minimum absolute atomic E-state index is 0.238. The number of para-hydroxylation sites is 1. The van der Waals surface area contributed by atoms with Crippen molar-refractivity contribution < 1.29 is 22.3 Å². The number of nitrogens with two attached hydrogens (primary N) is 1. The van der Waals surface area contributed by atoms with Crippen LogP contribution in [0.3, 0.4) is 0 Å². The normalized spacial score (nSPS) is 11.4. The summed E-state index contributed by atoms with van der Waals surface area (Å²) >= 11 is 1.44.